The number of amides is 1. The van der Waals surface area contributed by atoms with Gasteiger partial charge in [0.15, 0.2) is 0 Å². The predicted molar refractivity (Wildman–Crippen MR) is 95.2 cm³/mol. The van der Waals surface area contributed by atoms with Crippen LogP contribution in [0.1, 0.15) is 29.8 Å². The maximum Gasteiger partial charge on any atom is 0.239 e. The summed E-state index contributed by atoms with van der Waals surface area (Å²) in [7, 11) is 0. The fourth-order valence-corrected chi connectivity index (χ4v) is 4.93. The Bertz CT molecular complexity index is 771. The quantitative estimate of drug-likeness (QED) is 0.859. The number of hydrogen-bond acceptors (Lipinski definition) is 4. The van der Waals surface area contributed by atoms with Gasteiger partial charge >= 0.3 is 0 Å². The molecule has 1 saturated carbocycles. The van der Waals surface area contributed by atoms with Gasteiger partial charge in [0.1, 0.15) is 5.01 Å². The molecule has 0 radical (unpaired) electrons. The van der Waals surface area contributed by atoms with Crippen LogP contribution in [0.4, 0.5) is 5.69 Å². The number of anilines is 1. The van der Waals surface area contributed by atoms with Gasteiger partial charge in [-0.1, -0.05) is 18.2 Å². The van der Waals surface area contributed by atoms with Crippen molar-refractivity contribution in [2.75, 3.05) is 24.5 Å². The van der Waals surface area contributed by atoms with E-state index in [1.807, 2.05) is 11.6 Å². The van der Waals surface area contributed by atoms with Crippen LogP contribution in [0.2, 0.25) is 0 Å². The molecule has 1 aromatic carbocycles. The Balaban J connectivity index is 1.45. The Labute approximate surface area is 146 Å². The molecule has 2 aromatic rings. The smallest absolute Gasteiger partial charge is 0.239 e. The third kappa shape index (κ3) is 2.22. The standard InChI is InChI=1S/C19H21N3OS/c23-18-19(7-9-21(13-19)12-17-20-8-10-24-17)15-3-1-2-4-16(15)22(18)11-14-5-6-14/h1-4,8,10,14H,5-7,9,11-13H2/t19-/m0/s1. The molecular weight excluding hydrogens is 318 g/mol. The van der Waals surface area contributed by atoms with Crippen LogP contribution in [0.25, 0.3) is 0 Å². The lowest BCUT2D eigenvalue weighted by atomic mass is 9.81. The second-order valence-corrected chi connectivity index (χ2v) is 8.32. The van der Waals surface area contributed by atoms with Crippen LogP contribution in [0, 0.1) is 5.92 Å². The first-order valence-electron chi connectivity index (χ1n) is 8.78. The van der Waals surface area contributed by atoms with Gasteiger partial charge in [-0.2, -0.15) is 0 Å². The summed E-state index contributed by atoms with van der Waals surface area (Å²) < 4.78 is 0. The molecule has 0 N–H and O–H groups in total. The topological polar surface area (TPSA) is 36.4 Å². The van der Waals surface area contributed by atoms with Crippen molar-refractivity contribution in [3.63, 3.8) is 0 Å². The molecule has 124 valence electrons. The zero-order valence-electron chi connectivity index (χ0n) is 13.6. The Kier molecular flexibility index (Phi) is 3.28. The second kappa shape index (κ2) is 5.39. The number of thiazole rings is 1. The summed E-state index contributed by atoms with van der Waals surface area (Å²) in [4.78, 5) is 22.3. The number of nitrogens with zero attached hydrogens (tertiary/aromatic N) is 3. The number of carbonyl (C=O) groups excluding carboxylic acids is 1. The van der Waals surface area contributed by atoms with Gasteiger partial charge in [0.05, 0.1) is 12.0 Å². The molecule has 1 amide bonds. The lowest BCUT2D eigenvalue weighted by molar-refractivity contribution is -0.122. The molecule has 2 aliphatic heterocycles. The number of aromatic nitrogens is 1. The van der Waals surface area contributed by atoms with Gasteiger partial charge in [-0.05, 0) is 36.8 Å². The lowest BCUT2D eigenvalue weighted by Crippen LogP contribution is -2.43. The Morgan fingerprint density at radius 1 is 1.29 bits per heavy atom. The van der Waals surface area contributed by atoms with Gasteiger partial charge < -0.3 is 4.90 Å². The van der Waals surface area contributed by atoms with E-state index < -0.39 is 0 Å². The number of fused-ring (bicyclic) bond motifs is 2. The highest BCUT2D eigenvalue weighted by molar-refractivity contribution is 7.09. The minimum atomic E-state index is -0.331. The zero-order chi connectivity index (χ0) is 16.1. The first-order valence-corrected chi connectivity index (χ1v) is 9.66. The Morgan fingerprint density at radius 3 is 2.96 bits per heavy atom. The van der Waals surface area contributed by atoms with Gasteiger partial charge in [0.25, 0.3) is 0 Å². The number of para-hydroxylation sites is 1. The summed E-state index contributed by atoms with van der Waals surface area (Å²) in [6.07, 6.45) is 5.33. The maximum absolute atomic E-state index is 13.4. The van der Waals surface area contributed by atoms with Crippen molar-refractivity contribution >= 4 is 22.9 Å². The molecular formula is C19H21N3OS. The van der Waals surface area contributed by atoms with Crippen LogP contribution in [0.5, 0.6) is 0 Å². The number of likely N-dealkylation sites (tertiary alicyclic amines) is 1. The summed E-state index contributed by atoms with van der Waals surface area (Å²) in [5, 5.41) is 3.16. The van der Waals surface area contributed by atoms with Crippen LogP contribution in [-0.2, 0) is 16.8 Å². The Hall–Kier alpha value is -1.72. The summed E-state index contributed by atoms with van der Waals surface area (Å²) in [5.74, 6) is 1.04. The molecule has 0 bridgehead atoms. The molecule has 1 aliphatic carbocycles. The third-order valence-electron chi connectivity index (χ3n) is 5.69. The number of rotatable bonds is 4. The molecule has 1 aromatic heterocycles. The van der Waals surface area contributed by atoms with Gasteiger partial charge in [-0.15, -0.1) is 11.3 Å². The molecule has 2 fully saturated rings. The molecule has 5 rings (SSSR count). The van der Waals surface area contributed by atoms with E-state index in [0.717, 1.165) is 43.3 Å². The molecule has 3 aliphatic rings. The third-order valence-corrected chi connectivity index (χ3v) is 6.46. The highest BCUT2D eigenvalue weighted by atomic mass is 32.1. The summed E-state index contributed by atoms with van der Waals surface area (Å²) in [6, 6.07) is 8.45. The van der Waals surface area contributed by atoms with Crippen LogP contribution in [0.3, 0.4) is 0 Å². The van der Waals surface area contributed by atoms with E-state index in [0.29, 0.717) is 11.8 Å². The first kappa shape index (κ1) is 14.6. The highest BCUT2D eigenvalue weighted by Crippen LogP contribution is 2.48. The zero-order valence-corrected chi connectivity index (χ0v) is 14.5. The van der Waals surface area contributed by atoms with E-state index in [-0.39, 0.29) is 5.41 Å². The average Bonchev–Trinajstić information content (AvgIpc) is 3.03. The van der Waals surface area contributed by atoms with Crippen molar-refractivity contribution in [2.24, 2.45) is 5.92 Å². The summed E-state index contributed by atoms with van der Waals surface area (Å²) >= 11 is 1.70. The lowest BCUT2D eigenvalue weighted by Gasteiger charge is -2.24. The van der Waals surface area contributed by atoms with E-state index in [1.54, 1.807) is 11.3 Å². The number of carbonyl (C=O) groups is 1. The molecule has 1 saturated heterocycles. The normalized spacial score (nSPS) is 26.5. The minimum Gasteiger partial charge on any atom is -0.311 e. The van der Waals surface area contributed by atoms with Gasteiger partial charge in [-0.3, -0.25) is 9.69 Å². The number of hydrogen-bond donors (Lipinski definition) is 0. The van der Waals surface area contributed by atoms with Crippen molar-refractivity contribution < 1.29 is 4.79 Å². The molecule has 5 heteroatoms. The van der Waals surface area contributed by atoms with Crippen molar-refractivity contribution in [2.45, 2.75) is 31.2 Å². The molecule has 3 heterocycles. The number of benzene rings is 1. The van der Waals surface area contributed by atoms with E-state index in [9.17, 15) is 4.79 Å². The SMILES string of the molecule is O=C1N(CC2CC2)c2ccccc2[C@@]12CCN(Cc1nccs1)C2. The van der Waals surface area contributed by atoms with Gasteiger partial charge in [-0.25, -0.2) is 4.98 Å². The fourth-order valence-electron chi connectivity index (χ4n) is 4.28. The predicted octanol–water partition coefficient (Wildman–Crippen LogP) is 3.04. The second-order valence-electron chi connectivity index (χ2n) is 7.34. The van der Waals surface area contributed by atoms with Crippen LogP contribution >= 0.6 is 11.3 Å². The first-order chi connectivity index (χ1) is 11.8. The Morgan fingerprint density at radius 2 is 2.17 bits per heavy atom. The van der Waals surface area contributed by atoms with E-state index in [4.69, 9.17) is 0 Å². The van der Waals surface area contributed by atoms with Crippen LogP contribution < -0.4 is 4.90 Å². The van der Waals surface area contributed by atoms with Crippen LogP contribution in [0.15, 0.2) is 35.8 Å². The molecule has 1 spiro atoms. The van der Waals surface area contributed by atoms with E-state index in [2.05, 4.69) is 39.0 Å². The monoisotopic (exact) mass is 339 g/mol. The van der Waals surface area contributed by atoms with Gasteiger partial charge in [0, 0.05) is 36.9 Å². The molecule has 24 heavy (non-hydrogen) atoms. The van der Waals surface area contributed by atoms with Gasteiger partial charge in [0.2, 0.25) is 5.91 Å². The molecule has 0 unspecified atom stereocenters. The van der Waals surface area contributed by atoms with E-state index >= 15 is 0 Å². The molecule has 4 nitrogen and oxygen atoms in total. The van der Waals surface area contributed by atoms with E-state index in [1.165, 1.54) is 18.4 Å². The highest BCUT2D eigenvalue weighted by Gasteiger charge is 2.54. The fraction of sp³-hybridized carbons (Fsp3) is 0.474. The average molecular weight is 339 g/mol. The summed E-state index contributed by atoms with van der Waals surface area (Å²) in [5.41, 5.74) is 2.07. The van der Waals surface area contributed by atoms with Crippen molar-refractivity contribution in [3.05, 3.63) is 46.4 Å². The van der Waals surface area contributed by atoms with Crippen molar-refractivity contribution in [3.8, 4) is 0 Å². The summed E-state index contributed by atoms with van der Waals surface area (Å²) in [6.45, 7) is 3.56. The minimum absolute atomic E-state index is 0.331. The molecule has 1 atom stereocenters. The largest absolute Gasteiger partial charge is 0.311 e. The van der Waals surface area contributed by atoms with Crippen LogP contribution in [-0.4, -0.2) is 35.4 Å². The maximum atomic E-state index is 13.4. The van der Waals surface area contributed by atoms with Crippen molar-refractivity contribution in [1.29, 1.82) is 0 Å². The van der Waals surface area contributed by atoms with Crippen molar-refractivity contribution in [1.82, 2.24) is 9.88 Å².